The van der Waals surface area contributed by atoms with Gasteiger partial charge in [0.25, 0.3) is 0 Å². The Bertz CT molecular complexity index is 620. The smallest absolute Gasteiger partial charge is 0.239 e. The summed E-state index contributed by atoms with van der Waals surface area (Å²) in [7, 11) is 1.99. The predicted molar refractivity (Wildman–Crippen MR) is 86.1 cm³/mol. The van der Waals surface area contributed by atoms with Crippen molar-refractivity contribution in [2.45, 2.75) is 19.8 Å². The standard InChI is InChI=1S/C17H21N3O/c1-12-3-7-14(8-4-12)20(2)16-10-9-15(18)17(19-16)21-11-13-5-6-13/h3-4,7-10,13H,5-6,11,18H2,1-2H3. The summed E-state index contributed by atoms with van der Waals surface area (Å²) in [5.41, 5.74) is 8.87. The lowest BCUT2D eigenvalue weighted by Crippen LogP contribution is -2.13. The van der Waals surface area contributed by atoms with Gasteiger partial charge in [-0.25, -0.2) is 0 Å². The van der Waals surface area contributed by atoms with E-state index in [2.05, 4.69) is 36.2 Å². The molecule has 0 bridgehead atoms. The van der Waals surface area contributed by atoms with Crippen LogP contribution >= 0.6 is 0 Å². The van der Waals surface area contributed by atoms with Gasteiger partial charge in [0.15, 0.2) is 0 Å². The van der Waals surface area contributed by atoms with E-state index in [1.807, 2.05) is 24.1 Å². The first-order valence-electron chi connectivity index (χ1n) is 7.33. The van der Waals surface area contributed by atoms with Gasteiger partial charge in [0.2, 0.25) is 5.88 Å². The lowest BCUT2D eigenvalue weighted by Gasteiger charge is -2.19. The van der Waals surface area contributed by atoms with Gasteiger partial charge in [-0.1, -0.05) is 17.7 Å². The highest BCUT2D eigenvalue weighted by atomic mass is 16.5. The van der Waals surface area contributed by atoms with Gasteiger partial charge in [-0.3, -0.25) is 0 Å². The Hall–Kier alpha value is -2.23. The molecule has 21 heavy (non-hydrogen) atoms. The molecule has 1 aromatic heterocycles. The van der Waals surface area contributed by atoms with E-state index >= 15 is 0 Å². The second-order valence-electron chi connectivity index (χ2n) is 5.71. The van der Waals surface area contributed by atoms with Crippen molar-refractivity contribution in [2.75, 3.05) is 24.3 Å². The van der Waals surface area contributed by atoms with E-state index in [1.165, 1.54) is 18.4 Å². The molecule has 4 heteroatoms. The highest BCUT2D eigenvalue weighted by Gasteiger charge is 2.22. The maximum Gasteiger partial charge on any atom is 0.239 e. The van der Waals surface area contributed by atoms with Crippen molar-refractivity contribution in [2.24, 2.45) is 5.92 Å². The summed E-state index contributed by atoms with van der Waals surface area (Å²) in [6.07, 6.45) is 2.51. The molecule has 2 N–H and O–H groups in total. The minimum atomic E-state index is 0.540. The van der Waals surface area contributed by atoms with Gasteiger partial charge in [0.1, 0.15) is 5.82 Å². The Morgan fingerprint density at radius 2 is 1.90 bits per heavy atom. The fourth-order valence-corrected chi connectivity index (χ4v) is 2.13. The van der Waals surface area contributed by atoms with E-state index in [4.69, 9.17) is 10.5 Å². The van der Waals surface area contributed by atoms with Gasteiger partial charge in [-0.2, -0.15) is 4.98 Å². The van der Waals surface area contributed by atoms with Crippen LogP contribution in [0.15, 0.2) is 36.4 Å². The lowest BCUT2D eigenvalue weighted by molar-refractivity contribution is 0.290. The maximum atomic E-state index is 5.95. The van der Waals surface area contributed by atoms with Crippen LogP contribution in [0.1, 0.15) is 18.4 Å². The van der Waals surface area contributed by atoms with E-state index in [-0.39, 0.29) is 0 Å². The molecule has 4 nitrogen and oxygen atoms in total. The first kappa shape index (κ1) is 13.7. The fraction of sp³-hybridized carbons (Fsp3) is 0.353. The minimum absolute atomic E-state index is 0.540. The summed E-state index contributed by atoms with van der Waals surface area (Å²) in [6.45, 7) is 2.80. The normalized spacial score (nSPS) is 14.0. The quantitative estimate of drug-likeness (QED) is 0.912. The SMILES string of the molecule is Cc1ccc(N(C)c2ccc(N)c(OCC3CC3)n2)cc1. The lowest BCUT2D eigenvalue weighted by atomic mass is 10.2. The van der Waals surface area contributed by atoms with Gasteiger partial charge in [0, 0.05) is 12.7 Å². The number of rotatable bonds is 5. The molecule has 0 atom stereocenters. The Morgan fingerprint density at radius 1 is 1.19 bits per heavy atom. The zero-order valence-electron chi connectivity index (χ0n) is 12.5. The van der Waals surface area contributed by atoms with Crippen molar-refractivity contribution < 1.29 is 4.74 Å². The fourth-order valence-electron chi connectivity index (χ4n) is 2.13. The number of aryl methyl sites for hydroxylation is 1. The number of nitrogen functional groups attached to an aromatic ring is 1. The summed E-state index contributed by atoms with van der Waals surface area (Å²) in [5.74, 6) is 2.06. The average Bonchev–Trinajstić information content (AvgIpc) is 3.31. The van der Waals surface area contributed by atoms with Crippen molar-refractivity contribution in [1.82, 2.24) is 4.98 Å². The zero-order valence-corrected chi connectivity index (χ0v) is 12.5. The van der Waals surface area contributed by atoms with Crippen LogP contribution in [0.25, 0.3) is 0 Å². The van der Waals surface area contributed by atoms with Crippen molar-refractivity contribution in [1.29, 1.82) is 0 Å². The van der Waals surface area contributed by atoms with Crippen LogP contribution in [0.4, 0.5) is 17.2 Å². The summed E-state index contributed by atoms with van der Waals surface area (Å²) >= 11 is 0. The molecule has 1 saturated carbocycles. The number of aromatic nitrogens is 1. The van der Waals surface area contributed by atoms with Crippen LogP contribution in [0, 0.1) is 12.8 Å². The highest BCUT2D eigenvalue weighted by molar-refractivity contribution is 5.63. The van der Waals surface area contributed by atoms with Crippen LogP contribution in [0.2, 0.25) is 0 Å². The molecule has 1 fully saturated rings. The van der Waals surface area contributed by atoms with E-state index in [0.29, 0.717) is 17.5 Å². The van der Waals surface area contributed by atoms with Crippen LogP contribution in [0.5, 0.6) is 5.88 Å². The molecule has 1 aliphatic rings. The number of hydrogen-bond donors (Lipinski definition) is 1. The molecule has 0 saturated heterocycles. The van der Waals surface area contributed by atoms with Crippen molar-refractivity contribution in [3.8, 4) is 5.88 Å². The molecular formula is C17H21N3O. The third-order valence-electron chi connectivity index (χ3n) is 3.79. The van der Waals surface area contributed by atoms with Gasteiger partial charge in [0.05, 0.1) is 12.3 Å². The zero-order chi connectivity index (χ0) is 14.8. The number of benzene rings is 1. The predicted octanol–water partition coefficient (Wildman–Crippen LogP) is 3.53. The summed E-state index contributed by atoms with van der Waals surface area (Å²) in [6, 6.07) is 12.1. The van der Waals surface area contributed by atoms with Crippen LogP contribution in [-0.4, -0.2) is 18.6 Å². The molecule has 3 rings (SSSR count). The number of nitrogens with zero attached hydrogens (tertiary/aromatic N) is 2. The maximum absolute atomic E-state index is 5.95. The number of pyridine rings is 1. The number of ether oxygens (including phenoxy) is 1. The molecule has 0 amide bonds. The van der Waals surface area contributed by atoms with E-state index in [0.717, 1.165) is 18.1 Å². The second-order valence-corrected chi connectivity index (χ2v) is 5.71. The van der Waals surface area contributed by atoms with Crippen molar-refractivity contribution >= 4 is 17.2 Å². The molecule has 2 aromatic rings. The first-order valence-corrected chi connectivity index (χ1v) is 7.33. The van der Waals surface area contributed by atoms with Gasteiger partial charge in [-0.05, 0) is 49.9 Å². The number of hydrogen-bond acceptors (Lipinski definition) is 4. The molecule has 0 spiro atoms. The molecule has 1 aliphatic carbocycles. The molecule has 1 heterocycles. The number of anilines is 3. The Kier molecular flexibility index (Phi) is 3.69. The summed E-state index contributed by atoms with van der Waals surface area (Å²) < 4.78 is 5.74. The topological polar surface area (TPSA) is 51.4 Å². The van der Waals surface area contributed by atoms with E-state index < -0.39 is 0 Å². The minimum Gasteiger partial charge on any atom is -0.476 e. The van der Waals surface area contributed by atoms with Gasteiger partial charge in [-0.15, -0.1) is 0 Å². The first-order chi connectivity index (χ1) is 10.1. The van der Waals surface area contributed by atoms with Gasteiger partial charge < -0.3 is 15.4 Å². The van der Waals surface area contributed by atoms with Crippen molar-refractivity contribution in [3.63, 3.8) is 0 Å². The monoisotopic (exact) mass is 283 g/mol. The summed E-state index contributed by atoms with van der Waals surface area (Å²) in [5, 5.41) is 0. The Balaban J connectivity index is 1.79. The molecule has 0 unspecified atom stereocenters. The van der Waals surface area contributed by atoms with E-state index in [9.17, 15) is 0 Å². The molecule has 110 valence electrons. The third-order valence-corrected chi connectivity index (χ3v) is 3.79. The molecular weight excluding hydrogens is 262 g/mol. The molecule has 0 radical (unpaired) electrons. The van der Waals surface area contributed by atoms with Crippen molar-refractivity contribution in [3.05, 3.63) is 42.0 Å². The largest absolute Gasteiger partial charge is 0.476 e. The second kappa shape index (κ2) is 5.64. The Labute approximate surface area is 125 Å². The summed E-state index contributed by atoms with van der Waals surface area (Å²) in [4.78, 5) is 6.58. The Morgan fingerprint density at radius 3 is 2.57 bits per heavy atom. The van der Waals surface area contributed by atoms with Gasteiger partial charge >= 0.3 is 0 Å². The number of nitrogens with two attached hydrogens (primary N) is 1. The molecule has 1 aromatic carbocycles. The van der Waals surface area contributed by atoms with Crippen LogP contribution in [-0.2, 0) is 0 Å². The third kappa shape index (κ3) is 3.27. The van der Waals surface area contributed by atoms with Crippen LogP contribution in [0.3, 0.4) is 0 Å². The van der Waals surface area contributed by atoms with Crippen LogP contribution < -0.4 is 15.4 Å². The highest BCUT2D eigenvalue weighted by Crippen LogP contribution is 2.32. The van der Waals surface area contributed by atoms with E-state index in [1.54, 1.807) is 0 Å². The molecule has 0 aliphatic heterocycles. The average molecular weight is 283 g/mol.